The molecule has 0 spiro atoms. The van der Waals surface area contributed by atoms with Gasteiger partial charge in [-0.05, 0) is 70.6 Å². The summed E-state index contributed by atoms with van der Waals surface area (Å²) in [5.74, 6) is -0.0728. The van der Waals surface area contributed by atoms with E-state index in [-0.39, 0.29) is 12.5 Å². The molecule has 0 aliphatic rings. The molecule has 0 rings (SSSR count). The number of allylic oxidation sites excluding steroid dienone is 11. The van der Waals surface area contributed by atoms with Crippen molar-refractivity contribution in [3.05, 3.63) is 72.9 Å². The lowest BCUT2D eigenvalue weighted by Gasteiger charge is -2.19. The SMILES string of the molecule is CC/C=C\C/C=C\C/C=C\C/C=C\CCCCCCCCCCCCCCCCCCCCCCCCCCC(=O)NC(CO)C(O)/C=C/CC/C=C/CCCCCCCC. The van der Waals surface area contributed by atoms with Gasteiger partial charge in [0.15, 0.2) is 0 Å². The Morgan fingerprint density at radius 2 is 0.738 bits per heavy atom. The van der Waals surface area contributed by atoms with Gasteiger partial charge in [0, 0.05) is 6.42 Å². The summed E-state index contributed by atoms with van der Waals surface area (Å²) in [7, 11) is 0. The van der Waals surface area contributed by atoms with E-state index in [0.29, 0.717) is 6.42 Å². The zero-order valence-electron chi connectivity index (χ0n) is 40.7. The molecule has 0 aromatic heterocycles. The molecule has 2 atom stereocenters. The molecule has 0 aliphatic heterocycles. The van der Waals surface area contributed by atoms with E-state index >= 15 is 0 Å². The molecule has 2 unspecified atom stereocenters. The molecule has 0 fully saturated rings. The second-order valence-corrected chi connectivity index (χ2v) is 17.9. The molecule has 0 saturated carbocycles. The molecule has 4 heteroatoms. The van der Waals surface area contributed by atoms with E-state index < -0.39 is 12.1 Å². The first-order valence-corrected chi connectivity index (χ1v) is 26.7. The predicted molar refractivity (Wildman–Crippen MR) is 271 cm³/mol. The van der Waals surface area contributed by atoms with Crippen LogP contribution in [0.3, 0.4) is 0 Å². The minimum Gasteiger partial charge on any atom is -0.394 e. The molecular formula is C57H103NO3. The molecule has 3 N–H and O–H groups in total. The maximum atomic E-state index is 12.4. The zero-order chi connectivity index (χ0) is 44.2. The Bertz CT molecular complexity index is 1050. The number of aliphatic hydroxyl groups is 2. The summed E-state index contributed by atoms with van der Waals surface area (Å²) in [6, 6.07) is -0.638. The fourth-order valence-corrected chi connectivity index (χ4v) is 7.89. The van der Waals surface area contributed by atoms with E-state index in [1.807, 2.05) is 6.08 Å². The fraction of sp³-hybridized carbons (Fsp3) is 0.772. The summed E-state index contributed by atoms with van der Waals surface area (Å²) in [5, 5.41) is 23.0. The summed E-state index contributed by atoms with van der Waals surface area (Å²) in [6.45, 7) is 4.17. The lowest BCUT2D eigenvalue weighted by atomic mass is 10.0. The molecule has 0 aliphatic carbocycles. The number of amides is 1. The van der Waals surface area contributed by atoms with Gasteiger partial charge >= 0.3 is 0 Å². The molecule has 0 radical (unpaired) electrons. The van der Waals surface area contributed by atoms with Gasteiger partial charge in [-0.2, -0.15) is 0 Å². The van der Waals surface area contributed by atoms with Crippen molar-refractivity contribution in [3.63, 3.8) is 0 Å². The molecule has 4 nitrogen and oxygen atoms in total. The summed E-state index contributed by atoms with van der Waals surface area (Å²) < 4.78 is 0. The molecule has 354 valence electrons. The highest BCUT2D eigenvalue weighted by Crippen LogP contribution is 2.16. The third kappa shape index (κ3) is 48.7. The van der Waals surface area contributed by atoms with E-state index in [2.05, 4.69) is 79.9 Å². The highest BCUT2D eigenvalue weighted by molar-refractivity contribution is 5.76. The molecule has 0 bridgehead atoms. The van der Waals surface area contributed by atoms with Crippen molar-refractivity contribution in [1.29, 1.82) is 0 Å². The second-order valence-electron chi connectivity index (χ2n) is 17.9. The summed E-state index contributed by atoms with van der Waals surface area (Å²) in [6.07, 6.45) is 75.0. The van der Waals surface area contributed by atoms with E-state index in [1.54, 1.807) is 6.08 Å². The maximum Gasteiger partial charge on any atom is 0.220 e. The Balaban J connectivity index is 3.42. The van der Waals surface area contributed by atoms with Gasteiger partial charge < -0.3 is 15.5 Å². The second kappa shape index (κ2) is 52.2. The minimum absolute atomic E-state index is 0.0728. The number of hydrogen-bond acceptors (Lipinski definition) is 3. The highest BCUT2D eigenvalue weighted by Gasteiger charge is 2.17. The Kier molecular flexibility index (Phi) is 50.3. The van der Waals surface area contributed by atoms with Crippen molar-refractivity contribution in [3.8, 4) is 0 Å². The van der Waals surface area contributed by atoms with Crippen LogP contribution in [-0.2, 0) is 4.79 Å². The molecule has 0 aromatic rings. The van der Waals surface area contributed by atoms with E-state index in [0.717, 1.165) is 57.8 Å². The Labute approximate surface area is 380 Å². The molecular weight excluding hydrogens is 747 g/mol. The third-order valence-electron chi connectivity index (χ3n) is 11.9. The number of aliphatic hydroxyl groups excluding tert-OH is 2. The number of carbonyl (C=O) groups excluding carboxylic acids is 1. The van der Waals surface area contributed by atoms with Crippen LogP contribution in [-0.4, -0.2) is 34.9 Å². The van der Waals surface area contributed by atoms with Gasteiger partial charge in [0.2, 0.25) is 5.91 Å². The van der Waals surface area contributed by atoms with Crippen LogP contribution in [0.25, 0.3) is 0 Å². The maximum absolute atomic E-state index is 12.4. The fourth-order valence-electron chi connectivity index (χ4n) is 7.89. The number of hydrogen-bond donors (Lipinski definition) is 3. The van der Waals surface area contributed by atoms with Crippen LogP contribution < -0.4 is 5.32 Å². The smallest absolute Gasteiger partial charge is 0.220 e. The van der Waals surface area contributed by atoms with Crippen LogP contribution in [0.4, 0.5) is 0 Å². The average molecular weight is 850 g/mol. The predicted octanol–water partition coefficient (Wildman–Crippen LogP) is 17.4. The number of rotatable bonds is 48. The summed E-state index contributed by atoms with van der Waals surface area (Å²) in [5.41, 5.74) is 0. The Morgan fingerprint density at radius 1 is 0.410 bits per heavy atom. The normalized spacial score (nSPS) is 13.4. The van der Waals surface area contributed by atoms with Crippen molar-refractivity contribution in [2.75, 3.05) is 6.61 Å². The number of unbranched alkanes of at least 4 members (excludes halogenated alkanes) is 31. The molecule has 61 heavy (non-hydrogen) atoms. The minimum atomic E-state index is -0.861. The van der Waals surface area contributed by atoms with Gasteiger partial charge in [-0.15, -0.1) is 0 Å². The van der Waals surface area contributed by atoms with Gasteiger partial charge in [0.25, 0.3) is 0 Å². The van der Waals surface area contributed by atoms with Crippen molar-refractivity contribution < 1.29 is 15.0 Å². The molecule has 0 saturated heterocycles. The number of carbonyl (C=O) groups is 1. The van der Waals surface area contributed by atoms with Gasteiger partial charge in [-0.3, -0.25) is 4.79 Å². The summed E-state index contributed by atoms with van der Waals surface area (Å²) >= 11 is 0. The van der Waals surface area contributed by atoms with Gasteiger partial charge in [-0.25, -0.2) is 0 Å². The van der Waals surface area contributed by atoms with E-state index in [1.165, 1.54) is 186 Å². The Morgan fingerprint density at radius 3 is 1.15 bits per heavy atom. The third-order valence-corrected chi connectivity index (χ3v) is 11.9. The van der Waals surface area contributed by atoms with E-state index in [4.69, 9.17) is 0 Å². The average Bonchev–Trinajstić information content (AvgIpc) is 3.26. The van der Waals surface area contributed by atoms with Crippen LogP contribution in [0, 0.1) is 0 Å². The van der Waals surface area contributed by atoms with Gasteiger partial charge in [0.05, 0.1) is 18.8 Å². The van der Waals surface area contributed by atoms with Crippen molar-refractivity contribution in [2.24, 2.45) is 0 Å². The first kappa shape index (κ1) is 58.8. The summed E-state index contributed by atoms with van der Waals surface area (Å²) in [4.78, 5) is 12.4. The highest BCUT2D eigenvalue weighted by atomic mass is 16.3. The van der Waals surface area contributed by atoms with Gasteiger partial charge in [-0.1, -0.05) is 260 Å². The van der Waals surface area contributed by atoms with Crippen molar-refractivity contribution >= 4 is 5.91 Å². The van der Waals surface area contributed by atoms with Crippen LogP contribution >= 0.6 is 0 Å². The monoisotopic (exact) mass is 850 g/mol. The largest absolute Gasteiger partial charge is 0.394 e. The zero-order valence-corrected chi connectivity index (χ0v) is 40.7. The quantitative estimate of drug-likeness (QED) is 0.0422. The molecule has 0 aromatic carbocycles. The first-order valence-electron chi connectivity index (χ1n) is 26.7. The van der Waals surface area contributed by atoms with Gasteiger partial charge in [0.1, 0.15) is 0 Å². The topological polar surface area (TPSA) is 69.6 Å². The molecule has 1 amide bonds. The van der Waals surface area contributed by atoms with Crippen LogP contribution in [0.15, 0.2) is 72.9 Å². The standard InChI is InChI=1S/C57H103NO3/c1-3-5-7-9-11-13-15-17-18-19-20-21-22-23-24-25-26-27-28-29-30-31-32-33-34-35-36-37-38-39-40-41-43-45-47-49-51-53-57(61)58-55(54-59)56(60)52-50-48-46-44-42-16-14-12-10-8-6-4-2/h5,7,11,13,17-18,20-21,42,44,50,52,55-56,59-60H,3-4,6,8-10,12,14-16,19,22-41,43,45-49,51,53-54H2,1-2H3,(H,58,61)/b7-5-,13-11-,18-17-,21-20-,44-42+,52-50+. The lowest BCUT2D eigenvalue weighted by molar-refractivity contribution is -0.123. The van der Waals surface area contributed by atoms with Crippen molar-refractivity contribution in [2.45, 2.75) is 276 Å². The van der Waals surface area contributed by atoms with Crippen LogP contribution in [0.5, 0.6) is 0 Å². The first-order chi connectivity index (χ1) is 30.2. The Hall–Kier alpha value is -2.17. The van der Waals surface area contributed by atoms with E-state index in [9.17, 15) is 15.0 Å². The van der Waals surface area contributed by atoms with Crippen LogP contribution in [0.1, 0.15) is 264 Å². The number of nitrogens with one attached hydrogen (secondary N) is 1. The molecule has 0 heterocycles. The lowest BCUT2D eigenvalue weighted by Crippen LogP contribution is -2.45. The van der Waals surface area contributed by atoms with Crippen LogP contribution in [0.2, 0.25) is 0 Å². The van der Waals surface area contributed by atoms with Crippen molar-refractivity contribution in [1.82, 2.24) is 5.32 Å².